The quantitative estimate of drug-likeness (QED) is 0.785. The monoisotopic (exact) mass is 375 g/mol. The van der Waals surface area contributed by atoms with E-state index in [2.05, 4.69) is 37.2 Å². The van der Waals surface area contributed by atoms with Crippen LogP contribution in [-0.2, 0) is 6.54 Å². The summed E-state index contributed by atoms with van der Waals surface area (Å²) in [5.74, 6) is -0.647. The van der Waals surface area contributed by atoms with Gasteiger partial charge in [-0.25, -0.2) is 8.78 Å². The zero-order valence-corrected chi connectivity index (χ0v) is 12.4. The maximum Gasteiger partial charge on any atom is 0.139 e. The first-order valence-electron chi connectivity index (χ1n) is 5.19. The first-order chi connectivity index (χ1) is 8.56. The van der Waals surface area contributed by atoms with Gasteiger partial charge >= 0.3 is 0 Å². The Morgan fingerprint density at radius 3 is 2.39 bits per heavy atom. The molecule has 0 fully saturated rings. The summed E-state index contributed by atoms with van der Waals surface area (Å²) < 4.78 is 27.9. The van der Waals surface area contributed by atoms with E-state index < -0.39 is 0 Å². The molecular formula is C13H9Br2F2N. The van der Waals surface area contributed by atoms with Crippen LogP contribution in [0.4, 0.5) is 14.5 Å². The second-order valence-electron chi connectivity index (χ2n) is 3.72. The van der Waals surface area contributed by atoms with Crippen LogP contribution in [0.5, 0.6) is 0 Å². The fourth-order valence-electron chi connectivity index (χ4n) is 1.47. The van der Waals surface area contributed by atoms with Crippen LogP contribution >= 0.6 is 31.9 Å². The van der Waals surface area contributed by atoms with Gasteiger partial charge in [-0.05, 0) is 46.3 Å². The Hall–Kier alpha value is -0.940. The van der Waals surface area contributed by atoms with Gasteiger partial charge in [0.05, 0.1) is 4.47 Å². The number of rotatable bonds is 3. The van der Waals surface area contributed by atoms with Crippen LogP contribution in [0.15, 0.2) is 45.3 Å². The van der Waals surface area contributed by atoms with Crippen molar-refractivity contribution in [2.75, 3.05) is 5.32 Å². The molecule has 2 aromatic rings. The Morgan fingerprint density at radius 2 is 1.72 bits per heavy atom. The molecule has 2 rings (SSSR count). The maximum atomic E-state index is 13.5. The fraction of sp³-hybridized carbons (Fsp3) is 0.0769. The molecule has 2 aromatic carbocycles. The van der Waals surface area contributed by atoms with Gasteiger partial charge in [-0.1, -0.05) is 22.0 Å². The van der Waals surface area contributed by atoms with Crippen molar-refractivity contribution in [1.82, 2.24) is 0 Å². The van der Waals surface area contributed by atoms with Gasteiger partial charge in [0.1, 0.15) is 11.6 Å². The molecule has 0 aromatic heterocycles. The minimum atomic E-state index is -0.351. The van der Waals surface area contributed by atoms with Gasteiger partial charge in [-0.15, -0.1) is 0 Å². The highest BCUT2D eigenvalue weighted by Gasteiger charge is 2.04. The van der Waals surface area contributed by atoms with Crippen molar-refractivity contribution in [2.45, 2.75) is 6.54 Å². The topological polar surface area (TPSA) is 12.0 Å². The maximum absolute atomic E-state index is 13.5. The highest BCUT2D eigenvalue weighted by atomic mass is 79.9. The Kier molecular flexibility index (Phi) is 4.35. The molecule has 0 saturated heterocycles. The first kappa shape index (κ1) is 13.5. The third kappa shape index (κ3) is 3.29. The van der Waals surface area contributed by atoms with Crippen molar-refractivity contribution in [1.29, 1.82) is 0 Å². The summed E-state index contributed by atoms with van der Waals surface area (Å²) >= 11 is 6.27. The van der Waals surface area contributed by atoms with E-state index in [9.17, 15) is 8.78 Å². The van der Waals surface area contributed by atoms with Crippen LogP contribution in [0.3, 0.4) is 0 Å². The minimum absolute atomic E-state index is 0.297. The molecule has 0 amide bonds. The smallest absolute Gasteiger partial charge is 0.139 e. The summed E-state index contributed by atoms with van der Waals surface area (Å²) in [7, 11) is 0. The summed E-state index contributed by atoms with van der Waals surface area (Å²) in [6.45, 7) is 0.306. The van der Waals surface area contributed by atoms with Crippen LogP contribution < -0.4 is 5.32 Å². The first-order valence-corrected chi connectivity index (χ1v) is 6.78. The van der Waals surface area contributed by atoms with Crippen LogP contribution in [0.1, 0.15) is 5.56 Å². The number of hydrogen-bond donors (Lipinski definition) is 1. The molecule has 0 aliphatic carbocycles. The standard InChI is InChI=1S/C13H9Br2F2N/c14-9-2-1-8(12(16)5-9)7-18-10-3-4-11(15)13(17)6-10/h1-6,18H,7H2. The lowest BCUT2D eigenvalue weighted by atomic mass is 10.2. The number of hydrogen-bond acceptors (Lipinski definition) is 1. The van der Waals surface area contributed by atoms with Crippen LogP contribution in [0.25, 0.3) is 0 Å². The minimum Gasteiger partial charge on any atom is -0.381 e. The highest BCUT2D eigenvalue weighted by Crippen LogP contribution is 2.21. The normalized spacial score (nSPS) is 10.4. The van der Waals surface area contributed by atoms with Gasteiger partial charge in [0.2, 0.25) is 0 Å². The number of nitrogens with one attached hydrogen (secondary N) is 1. The van der Waals surface area contributed by atoms with E-state index in [1.54, 1.807) is 24.3 Å². The van der Waals surface area contributed by atoms with Gasteiger partial charge in [-0.3, -0.25) is 0 Å². The summed E-state index contributed by atoms with van der Waals surface area (Å²) in [6.07, 6.45) is 0. The predicted molar refractivity (Wildman–Crippen MR) is 75.5 cm³/mol. The lowest BCUT2D eigenvalue weighted by molar-refractivity contribution is 0.611. The average molecular weight is 377 g/mol. The SMILES string of the molecule is Fc1cc(NCc2ccc(Br)cc2F)ccc1Br. The lowest BCUT2D eigenvalue weighted by Gasteiger charge is -2.08. The van der Waals surface area contributed by atoms with E-state index in [0.717, 1.165) is 0 Å². The summed E-state index contributed by atoms with van der Waals surface area (Å²) in [5, 5.41) is 2.97. The molecule has 0 radical (unpaired) electrons. The largest absolute Gasteiger partial charge is 0.381 e. The molecule has 0 bridgehead atoms. The Bertz CT molecular complexity index is 573. The summed E-state index contributed by atoms with van der Waals surface area (Å²) in [5.41, 5.74) is 1.14. The van der Waals surface area contributed by atoms with Crippen molar-refractivity contribution in [3.8, 4) is 0 Å². The third-order valence-electron chi connectivity index (χ3n) is 2.42. The predicted octanol–water partition coefficient (Wildman–Crippen LogP) is 5.10. The molecule has 1 N–H and O–H groups in total. The number of halogens is 4. The molecule has 0 saturated carbocycles. The zero-order chi connectivity index (χ0) is 13.1. The molecule has 0 unspecified atom stereocenters. The van der Waals surface area contributed by atoms with Crippen LogP contribution in [0.2, 0.25) is 0 Å². The van der Waals surface area contributed by atoms with Gasteiger partial charge in [0.15, 0.2) is 0 Å². The van der Waals surface area contributed by atoms with Crippen molar-refractivity contribution in [2.24, 2.45) is 0 Å². The molecule has 0 aliphatic rings. The molecule has 94 valence electrons. The van der Waals surface area contributed by atoms with E-state index in [1.807, 2.05) is 0 Å². The van der Waals surface area contributed by atoms with E-state index in [-0.39, 0.29) is 11.6 Å². The molecule has 5 heteroatoms. The Labute approximate surface area is 120 Å². The molecule has 0 spiro atoms. The zero-order valence-electron chi connectivity index (χ0n) is 9.18. The molecule has 18 heavy (non-hydrogen) atoms. The van der Waals surface area contributed by atoms with Gasteiger partial charge in [0, 0.05) is 22.3 Å². The van der Waals surface area contributed by atoms with Crippen molar-refractivity contribution in [3.05, 3.63) is 62.5 Å². The second kappa shape index (κ2) is 5.80. The Balaban J connectivity index is 2.09. The molecule has 1 nitrogen and oxygen atoms in total. The number of benzene rings is 2. The van der Waals surface area contributed by atoms with Gasteiger partial charge in [-0.2, -0.15) is 0 Å². The molecule has 0 heterocycles. The van der Waals surface area contributed by atoms with E-state index in [0.29, 0.717) is 26.7 Å². The molecular weight excluding hydrogens is 368 g/mol. The average Bonchev–Trinajstić information content (AvgIpc) is 2.32. The van der Waals surface area contributed by atoms with Gasteiger partial charge < -0.3 is 5.32 Å². The van der Waals surface area contributed by atoms with E-state index in [4.69, 9.17) is 0 Å². The van der Waals surface area contributed by atoms with E-state index in [1.165, 1.54) is 12.1 Å². The number of anilines is 1. The van der Waals surface area contributed by atoms with E-state index >= 15 is 0 Å². The Morgan fingerprint density at radius 1 is 0.944 bits per heavy atom. The van der Waals surface area contributed by atoms with Crippen molar-refractivity contribution >= 4 is 37.5 Å². The van der Waals surface area contributed by atoms with Crippen molar-refractivity contribution < 1.29 is 8.78 Å². The lowest BCUT2D eigenvalue weighted by Crippen LogP contribution is -2.02. The summed E-state index contributed by atoms with van der Waals surface area (Å²) in [6, 6.07) is 9.55. The van der Waals surface area contributed by atoms with Gasteiger partial charge in [0.25, 0.3) is 0 Å². The van der Waals surface area contributed by atoms with Crippen LogP contribution in [-0.4, -0.2) is 0 Å². The van der Waals surface area contributed by atoms with Crippen molar-refractivity contribution in [3.63, 3.8) is 0 Å². The fourth-order valence-corrected chi connectivity index (χ4v) is 2.05. The molecule has 0 atom stereocenters. The highest BCUT2D eigenvalue weighted by molar-refractivity contribution is 9.10. The van der Waals surface area contributed by atoms with Crippen LogP contribution in [0, 0.1) is 11.6 Å². The molecule has 0 aliphatic heterocycles. The third-order valence-corrected chi connectivity index (χ3v) is 3.55. The second-order valence-corrected chi connectivity index (χ2v) is 5.49. The summed E-state index contributed by atoms with van der Waals surface area (Å²) in [4.78, 5) is 0.